The summed E-state index contributed by atoms with van der Waals surface area (Å²) >= 11 is 0. The average Bonchev–Trinajstić information content (AvgIpc) is 2.03. The van der Waals surface area contributed by atoms with Gasteiger partial charge in [0.15, 0.2) is 0 Å². The highest BCUT2D eigenvalue weighted by Crippen LogP contribution is 2.49. The summed E-state index contributed by atoms with van der Waals surface area (Å²) in [5, 5.41) is 18.7. The second-order valence-corrected chi connectivity index (χ2v) is 4.43. The molecule has 0 spiro atoms. The van der Waals surface area contributed by atoms with Gasteiger partial charge in [-0.15, -0.1) is 0 Å². The van der Waals surface area contributed by atoms with Crippen LogP contribution in [0.1, 0.15) is 33.6 Å². The largest absolute Gasteiger partial charge is 0.481 e. The van der Waals surface area contributed by atoms with E-state index in [1.54, 1.807) is 6.92 Å². The van der Waals surface area contributed by atoms with Gasteiger partial charge in [0.25, 0.3) is 0 Å². The highest BCUT2D eigenvalue weighted by molar-refractivity contribution is 5.71. The van der Waals surface area contributed by atoms with Gasteiger partial charge < -0.3 is 10.2 Å². The van der Waals surface area contributed by atoms with Crippen LogP contribution in [0.3, 0.4) is 0 Å². The van der Waals surface area contributed by atoms with Crippen molar-refractivity contribution in [1.82, 2.24) is 0 Å². The first-order valence-electron chi connectivity index (χ1n) is 4.24. The van der Waals surface area contributed by atoms with Crippen LogP contribution in [-0.4, -0.2) is 21.8 Å². The van der Waals surface area contributed by atoms with Crippen LogP contribution in [0.15, 0.2) is 0 Å². The van der Waals surface area contributed by atoms with E-state index >= 15 is 0 Å². The van der Waals surface area contributed by atoms with E-state index in [4.69, 9.17) is 5.11 Å². The van der Waals surface area contributed by atoms with Crippen LogP contribution in [0.2, 0.25) is 0 Å². The SMILES string of the molecule is CC1(O)CCC(C(=O)O)C1(C)C. The standard InChI is InChI=1S/C9H16O3/c1-8(2)6(7(10)11)4-5-9(8,3)12/h6,12H,4-5H2,1-3H3,(H,10,11). The molecule has 1 aliphatic rings. The topological polar surface area (TPSA) is 57.5 Å². The van der Waals surface area contributed by atoms with Gasteiger partial charge in [0.2, 0.25) is 0 Å². The lowest BCUT2D eigenvalue weighted by Crippen LogP contribution is -2.42. The van der Waals surface area contributed by atoms with E-state index in [1.807, 2.05) is 13.8 Å². The molecule has 0 aromatic carbocycles. The molecule has 0 radical (unpaired) electrons. The summed E-state index contributed by atoms with van der Waals surface area (Å²) in [6.45, 7) is 5.35. The molecule has 70 valence electrons. The zero-order valence-corrected chi connectivity index (χ0v) is 7.79. The Morgan fingerprint density at radius 3 is 2.08 bits per heavy atom. The van der Waals surface area contributed by atoms with Gasteiger partial charge in [-0.1, -0.05) is 13.8 Å². The monoisotopic (exact) mass is 172 g/mol. The Morgan fingerprint density at radius 1 is 1.42 bits per heavy atom. The predicted molar refractivity (Wildman–Crippen MR) is 44.8 cm³/mol. The average molecular weight is 172 g/mol. The third kappa shape index (κ3) is 1.12. The molecule has 2 N–H and O–H groups in total. The van der Waals surface area contributed by atoms with Gasteiger partial charge in [-0.3, -0.25) is 4.79 Å². The lowest BCUT2D eigenvalue weighted by molar-refractivity contribution is -0.148. The Balaban J connectivity index is 2.93. The van der Waals surface area contributed by atoms with Crippen LogP contribution in [0, 0.1) is 11.3 Å². The summed E-state index contributed by atoms with van der Waals surface area (Å²) in [7, 11) is 0. The molecule has 2 unspecified atom stereocenters. The number of hydrogen-bond acceptors (Lipinski definition) is 2. The molecular formula is C9H16O3. The van der Waals surface area contributed by atoms with Crippen molar-refractivity contribution in [2.75, 3.05) is 0 Å². The number of carboxylic acids is 1. The van der Waals surface area contributed by atoms with Crippen LogP contribution in [0.5, 0.6) is 0 Å². The first-order valence-corrected chi connectivity index (χ1v) is 4.24. The van der Waals surface area contributed by atoms with Crippen molar-refractivity contribution < 1.29 is 15.0 Å². The first-order chi connectivity index (χ1) is 5.29. The van der Waals surface area contributed by atoms with Crippen LogP contribution in [-0.2, 0) is 4.79 Å². The van der Waals surface area contributed by atoms with E-state index in [9.17, 15) is 9.90 Å². The lowest BCUT2D eigenvalue weighted by Gasteiger charge is -2.35. The minimum atomic E-state index is -0.837. The fourth-order valence-electron chi connectivity index (χ4n) is 1.92. The number of aliphatic carboxylic acids is 1. The molecule has 1 fully saturated rings. The van der Waals surface area contributed by atoms with Crippen molar-refractivity contribution in [1.29, 1.82) is 0 Å². The van der Waals surface area contributed by atoms with E-state index in [2.05, 4.69) is 0 Å². The predicted octanol–water partition coefficient (Wildman–Crippen LogP) is 1.26. The molecule has 3 nitrogen and oxygen atoms in total. The molecule has 1 rings (SSSR count). The van der Waals surface area contributed by atoms with Gasteiger partial charge in [-0.2, -0.15) is 0 Å². The summed E-state index contributed by atoms with van der Waals surface area (Å²) in [6, 6.07) is 0. The maximum absolute atomic E-state index is 10.8. The Kier molecular flexibility index (Phi) is 1.95. The van der Waals surface area contributed by atoms with Crippen molar-refractivity contribution in [3.63, 3.8) is 0 Å². The van der Waals surface area contributed by atoms with Crippen molar-refractivity contribution in [3.05, 3.63) is 0 Å². The number of carbonyl (C=O) groups is 1. The number of rotatable bonds is 1. The molecule has 1 saturated carbocycles. The minimum Gasteiger partial charge on any atom is -0.481 e. The van der Waals surface area contributed by atoms with Crippen molar-refractivity contribution in [2.45, 2.75) is 39.2 Å². The molecule has 0 aromatic rings. The van der Waals surface area contributed by atoms with Gasteiger partial charge in [-0.25, -0.2) is 0 Å². The number of carboxylic acid groups (broad SMARTS) is 1. The molecule has 1 aliphatic carbocycles. The third-order valence-electron chi connectivity index (χ3n) is 3.48. The smallest absolute Gasteiger partial charge is 0.307 e. The molecule has 0 heterocycles. The summed E-state index contributed by atoms with van der Waals surface area (Å²) in [5.74, 6) is -1.20. The molecule has 2 atom stereocenters. The first kappa shape index (κ1) is 9.52. The van der Waals surface area contributed by atoms with Gasteiger partial charge in [-0.05, 0) is 19.8 Å². The summed E-state index contributed by atoms with van der Waals surface area (Å²) in [6.07, 6.45) is 1.16. The number of hydrogen-bond donors (Lipinski definition) is 2. The van der Waals surface area contributed by atoms with E-state index in [1.165, 1.54) is 0 Å². The molecule has 0 amide bonds. The van der Waals surface area contributed by atoms with Gasteiger partial charge in [0.05, 0.1) is 11.5 Å². The van der Waals surface area contributed by atoms with Crippen LogP contribution in [0.25, 0.3) is 0 Å². The number of aliphatic hydroxyl groups is 1. The molecule has 12 heavy (non-hydrogen) atoms. The second-order valence-electron chi connectivity index (χ2n) is 4.43. The van der Waals surface area contributed by atoms with Crippen molar-refractivity contribution >= 4 is 5.97 Å². The zero-order valence-electron chi connectivity index (χ0n) is 7.79. The van der Waals surface area contributed by atoms with Gasteiger partial charge in [0.1, 0.15) is 0 Å². The molecule has 0 aromatic heterocycles. The fourth-order valence-corrected chi connectivity index (χ4v) is 1.92. The van der Waals surface area contributed by atoms with Crippen LogP contribution < -0.4 is 0 Å². The van der Waals surface area contributed by atoms with E-state index < -0.39 is 22.9 Å². The Morgan fingerprint density at radius 2 is 1.92 bits per heavy atom. The van der Waals surface area contributed by atoms with E-state index in [0.29, 0.717) is 12.8 Å². The van der Waals surface area contributed by atoms with Crippen LogP contribution >= 0.6 is 0 Å². The zero-order chi connectivity index (χ0) is 9.57. The molecule has 0 bridgehead atoms. The van der Waals surface area contributed by atoms with Crippen molar-refractivity contribution in [3.8, 4) is 0 Å². The maximum Gasteiger partial charge on any atom is 0.307 e. The second kappa shape index (κ2) is 2.46. The molecule has 3 heteroatoms. The van der Waals surface area contributed by atoms with Gasteiger partial charge in [0, 0.05) is 5.41 Å². The lowest BCUT2D eigenvalue weighted by atomic mass is 9.73. The minimum absolute atomic E-state index is 0.410. The molecular weight excluding hydrogens is 156 g/mol. The molecule has 0 saturated heterocycles. The normalized spacial score (nSPS) is 39.8. The van der Waals surface area contributed by atoms with Crippen molar-refractivity contribution in [2.24, 2.45) is 11.3 Å². The molecule has 0 aliphatic heterocycles. The van der Waals surface area contributed by atoms with Gasteiger partial charge >= 0.3 is 5.97 Å². The van der Waals surface area contributed by atoms with E-state index in [-0.39, 0.29) is 0 Å². The van der Waals surface area contributed by atoms with Crippen LogP contribution in [0.4, 0.5) is 0 Å². The summed E-state index contributed by atoms with van der Waals surface area (Å²) in [5.41, 5.74) is -1.35. The highest BCUT2D eigenvalue weighted by atomic mass is 16.4. The third-order valence-corrected chi connectivity index (χ3v) is 3.48. The Hall–Kier alpha value is -0.570. The Bertz CT molecular complexity index is 206. The summed E-state index contributed by atoms with van der Waals surface area (Å²) < 4.78 is 0. The fraction of sp³-hybridized carbons (Fsp3) is 0.889. The maximum atomic E-state index is 10.8. The van der Waals surface area contributed by atoms with E-state index in [0.717, 1.165) is 0 Å². The quantitative estimate of drug-likeness (QED) is 0.626. The summed E-state index contributed by atoms with van der Waals surface area (Å²) in [4.78, 5) is 10.8. The Labute approximate surface area is 72.4 Å². The highest BCUT2D eigenvalue weighted by Gasteiger charge is 2.53.